The van der Waals surface area contributed by atoms with Crippen molar-refractivity contribution in [2.75, 3.05) is 20.1 Å². The van der Waals surface area contributed by atoms with Gasteiger partial charge in [-0.05, 0) is 17.5 Å². The molecule has 0 fully saturated rings. The van der Waals surface area contributed by atoms with Gasteiger partial charge in [0, 0.05) is 37.8 Å². The van der Waals surface area contributed by atoms with Gasteiger partial charge in [-0.2, -0.15) is 13.2 Å². The number of nitrogens with zero attached hydrogens (tertiary/aromatic N) is 1. The van der Waals surface area contributed by atoms with Crippen LogP contribution in [0.4, 0.5) is 13.2 Å². The highest BCUT2D eigenvalue weighted by molar-refractivity contribution is 5.80. The third kappa shape index (κ3) is 4.98. The number of aromatic nitrogens is 1. The summed E-state index contributed by atoms with van der Waals surface area (Å²) in [6, 6.07) is 10.0. The first-order chi connectivity index (χ1) is 10.5. The minimum absolute atomic E-state index is 0.185. The summed E-state index contributed by atoms with van der Waals surface area (Å²) in [5.74, 6) is 0.375. The number of aliphatic imine (C=N–C) groups is 1. The van der Waals surface area contributed by atoms with Crippen LogP contribution in [0.3, 0.4) is 0 Å². The van der Waals surface area contributed by atoms with E-state index >= 15 is 0 Å². The van der Waals surface area contributed by atoms with Crippen LogP contribution in [0.1, 0.15) is 12.1 Å². The Balaban J connectivity index is 1.76. The molecule has 0 saturated heterocycles. The Labute approximate surface area is 126 Å². The van der Waals surface area contributed by atoms with E-state index in [1.165, 1.54) is 7.05 Å². The van der Waals surface area contributed by atoms with Gasteiger partial charge >= 0.3 is 6.18 Å². The highest BCUT2D eigenvalue weighted by Crippen LogP contribution is 2.18. The Bertz CT molecular complexity index is 598. The van der Waals surface area contributed by atoms with Gasteiger partial charge in [0.15, 0.2) is 5.96 Å². The van der Waals surface area contributed by atoms with Crippen molar-refractivity contribution in [2.24, 2.45) is 4.99 Å². The standard InChI is InChI=1S/C15H19F3N4/c1-19-14(21-9-7-15(16,17)18)20-8-6-12-10-11-4-2-3-5-13(11)22-12/h2-5,10,22H,6-9H2,1H3,(H2,19,20,21). The van der Waals surface area contributed by atoms with E-state index in [0.717, 1.165) is 23.0 Å². The van der Waals surface area contributed by atoms with Crippen LogP contribution in [0.5, 0.6) is 0 Å². The van der Waals surface area contributed by atoms with Crippen LogP contribution in [-0.2, 0) is 6.42 Å². The molecule has 0 bridgehead atoms. The van der Waals surface area contributed by atoms with Gasteiger partial charge < -0.3 is 15.6 Å². The molecular weight excluding hydrogens is 293 g/mol. The van der Waals surface area contributed by atoms with Gasteiger partial charge in [0.05, 0.1) is 6.42 Å². The molecule has 0 unspecified atom stereocenters. The molecule has 1 heterocycles. The molecule has 1 aromatic carbocycles. The monoisotopic (exact) mass is 312 g/mol. The predicted molar refractivity (Wildman–Crippen MR) is 82.0 cm³/mol. The molecule has 0 aliphatic rings. The van der Waals surface area contributed by atoms with Gasteiger partial charge in [-0.25, -0.2) is 0 Å². The number of H-pyrrole nitrogens is 1. The minimum Gasteiger partial charge on any atom is -0.358 e. The lowest BCUT2D eigenvalue weighted by Gasteiger charge is -2.12. The third-order valence-corrected chi connectivity index (χ3v) is 3.20. The van der Waals surface area contributed by atoms with Gasteiger partial charge in [0.25, 0.3) is 0 Å². The maximum absolute atomic E-state index is 12.1. The van der Waals surface area contributed by atoms with Crippen molar-refractivity contribution in [2.45, 2.75) is 19.0 Å². The summed E-state index contributed by atoms with van der Waals surface area (Å²) >= 11 is 0. The van der Waals surface area contributed by atoms with Gasteiger partial charge in [0.2, 0.25) is 0 Å². The van der Waals surface area contributed by atoms with Crippen LogP contribution < -0.4 is 10.6 Å². The quantitative estimate of drug-likeness (QED) is 0.587. The average Bonchev–Trinajstić information content (AvgIpc) is 2.87. The van der Waals surface area contributed by atoms with Gasteiger partial charge in [-0.1, -0.05) is 18.2 Å². The number of aromatic amines is 1. The van der Waals surface area contributed by atoms with Crippen LogP contribution in [0.15, 0.2) is 35.3 Å². The number of halogens is 3. The highest BCUT2D eigenvalue weighted by atomic mass is 19.4. The van der Waals surface area contributed by atoms with E-state index in [-0.39, 0.29) is 6.54 Å². The molecule has 0 saturated carbocycles. The zero-order valence-electron chi connectivity index (χ0n) is 12.3. The van der Waals surface area contributed by atoms with E-state index in [1.807, 2.05) is 24.3 Å². The van der Waals surface area contributed by atoms with Gasteiger partial charge in [-0.15, -0.1) is 0 Å². The topological polar surface area (TPSA) is 52.2 Å². The van der Waals surface area contributed by atoms with Crippen LogP contribution in [0.25, 0.3) is 10.9 Å². The van der Waals surface area contributed by atoms with Crippen molar-refractivity contribution in [3.8, 4) is 0 Å². The van der Waals surface area contributed by atoms with Gasteiger partial charge in [0.1, 0.15) is 0 Å². The summed E-state index contributed by atoms with van der Waals surface area (Å²) in [6.07, 6.45) is -4.30. The van der Waals surface area contributed by atoms with E-state index in [9.17, 15) is 13.2 Å². The minimum atomic E-state index is -4.16. The van der Waals surface area contributed by atoms with Crippen LogP contribution >= 0.6 is 0 Å². The second-order valence-corrected chi connectivity index (χ2v) is 4.92. The summed E-state index contributed by atoms with van der Waals surface area (Å²) < 4.78 is 36.2. The summed E-state index contributed by atoms with van der Waals surface area (Å²) in [5.41, 5.74) is 2.14. The Morgan fingerprint density at radius 2 is 1.91 bits per heavy atom. The summed E-state index contributed by atoms with van der Waals surface area (Å²) in [4.78, 5) is 7.20. The molecule has 1 aromatic heterocycles. The average molecular weight is 312 g/mol. The third-order valence-electron chi connectivity index (χ3n) is 3.20. The fourth-order valence-electron chi connectivity index (χ4n) is 2.13. The van der Waals surface area contributed by atoms with E-state index in [1.54, 1.807) is 0 Å². The summed E-state index contributed by atoms with van der Waals surface area (Å²) in [7, 11) is 1.53. The largest absolute Gasteiger partial charge is 0.390 e. The van der Waals surface area contributed by atoms with Crippen molar-refractivity contribution in [1.29, 1.82) is 0 Å². The Morgan fingerprint density at radius 3 is 2.59 bits per heavy atom. The van der Waals surface area contributed by atoms with E-state index in [2.05, 4.69) is 26.7 Å². The number of rotatable bonds is 5. The molecule has 0 spiro atoms. The molecule has 22 heavy (non-hydrogen) atoms. The van der Waals surface area contributed by atoms with Crippen LogP contribution in [0.2, 0.25) is 0 Å². The fraction of sp³-hybridized carbons (Fsp3) is 0.400. The van der Waals surface area contributed by atoms with E-state index < -0.39 is 12.6 Å². The van der Waals surface area contributed by atoms with Crippen molar-refractivity contribution < 1.29 is 13.2 Å². The Hall–Kier alpha value is -2.18. The van der Waals surface area contributed by atoms with Crippen molar-refractivity contribution in [1.82, 2.24) is 15.6 Å². The molecule has 2 rings (SSSR count). The summed E-state index contributed by atoms with van der Waals surface area (Å²) in [6.45, 7) is 0.397. The number of hydrogen-bond acceptors (Lipinski definition) is 1. The molecule has 0 amide bonds. The molecule has 2 aromatic rings. The van der Waals surface area contributed by atoms with Crippen molar-refractivity contribution >= 4 is 16.9 Å². The number of guanidine groups is 1. The lowest BCUT2D eigenvalue weighted by atomic mass is 10.2. The number of hydrogen-bond donors (Lipinski definition) is 3. The molecule has 0 radical (unpaired) electrons. The number of para-hydroxylation sites is 1. The second-order valence-electron chi connectivity index (χ2n) is 4.92. The zero-order valence-corrected chi connectivity index (χ0v) is 12.3. The van der Waals surface area contributed by atoms with Gasteiger partial charge in [-0.3, -0.25) is 4.99 Å². The number of nitrogens with one attached hydrogen (secondary N) is 3. The molecular formula is C15H19F3N4. The van der Waals surface area contributed by atoms with Crippen molar-refractivity contribution in [3.05, 3.63) is 36.0 Å². The van der Waals surface area contributed by atoms with Crippen LogP contribution in [0, 0.1) is 0 Å². The smallest absolute Gasteiger partial charge is 0.358 e. The molecule has 4 nitrogen and oxygen atoms in total. The second kappa shape index (κ2) is 7.20. The zero-order chi connectivity index (χ0) is 16.0. The number of fused-ring (bicyclic) bond motifs is 1. The van der Waals surface area contributed by atoms with Crippen molar-refractivity contribution in [3.63, 3.8) is 0 Å². The first-order valence-corrected chi connectivity index (χ1v) is 7.06. The Morgan fingerprint density at radius 1 is 1.18 bits per heavy atom. The molecule has 7 heteroatoms. The normalized spacial score (nSPS) is 12.6. The molecule has 3 N–H and O–H groups in total. The highest BCUT2D eigenvalue weighted by Gasteiger charge is 2.26. The molecule has 0 aliphatic carbocycles. The lowest BCUT2D eigenvalue weighted by Crippen LogP contribution is -2.39. The van der Waals surface area contributed by atoms with E-state index in [4.69, 9.17) is 0 Å². The van der Waals surface area contributed by atoms with Crippen LogP contribution in [-0.4, -0.2) is 37.3 Å². The first-order valence-electron chi connectivity index (χ1n) is 7.06. The Kier molecular flexibility index (Phi) is 5.30. The maximum Gasteiger partial charge on any atom is 0.390 e. The first kappa shape index (κ1) is 16.2. The van der Waals surface area contributed by atoms with E-state index in [0.29, 0.717) is 12.5 Å². The SMILES string of the molecule is CN=C(NCCc1cc2ccccc2[nH]1)NCCC(F)(F)F. The molecule has 0 atom stereocenters. The summed E-state index contributed by atoms with van der Waals surface area (Å²) in [5, 5.41) is 6.79. The molecule has 0 aliphatic heterocycles. The number of alkyl halides is 3. The lowest BCUT2D eigenvalue weighted by molar-refractivity contribution is -0.132. The number of benzene rings is 1. The molecule has 120 valence electrons. The predicted octanol–water partition coefficient (Wildman–Crippen LogP) is 2.83. The fourth-order valence-corrected chi connectivity index (χ4v) is 2.13. The maximum atomic E-state index is 12.1.